The third-order valence-corrected chi connectivity index (χ3v) is 2.65. The Morgan fingerprint density at radius 3 is 2.80 bits per heavy atom. The number of halogens is 2. The van der Waals surface area contributed by atoms with Gasteiger partial charge in [-0.2, -0.15) is 0 Å². The molecule has 0 saturated heterocycles. The molecule has 1 aromatic rings. The van der Waals surface area contributed by atoms with E-state index in [-0.39, 0.29) is 18.1 Å². The van der Waals surface area contributed by atoms with E-state index >= 15 is 0 Å². The Labute approximate surface area is 120 Å². The monoisotopic (exact) mass is 301 g/mol. The second-order valence-electron chi connectivity index (χ2n) is 3.87. The van der Waals surface area contributed by atoms with Crippen molar-refractivity contribution in [2.75, 3.05) is 6.61 Å². The van der Waals surface area contributed by atoms with Crippen LogP contribution in [-0.2, 0) is 16.0 Å². The number of hydrogen-bond acceptors (Lipinski definition) is 3. The van der Waals surface area contributed by atoms with Gasteiger partial charge in [0.15, 0.2) is 0 Å². The molecule has 1 aromatic carbocycles. The number of carboxylic acid groups (broad SMARTS) is 1. The number of hydrogen-bond donors (Lipinski definition) is 2. The highest BCUT2D eigenvalue weighted by molar-refractivity contribution is 6.30. The number of amides is 1. The molecule has 0 aromatic heterocycles. The first-order chi connectivity index (χ1) is 9.43. The van der Waals surface area contributed by atoms with Crippen LogP contribution in [0.25, 0.3) is 0 Å². The fourth-order valence-electron chi connectivity index (χ4n) is 1.42. The average molecular weight is 302 g/mol. The van der Waals surface area contributed by atoms with Crippen molar-refractivity contribution in [2.45, 2.75) is 12.5 Å². The molecule has 0 heterocycles. The van der Waals surface area contributed by atoms with E-state index in [1.54, 1.807) is 0 Å². The molecule has 2 N–H and O–H groups in total. The maximum absolute atomic E-state index is 13.3. The predicted molar refractivity (Wildman–Crippen MR) is 71.2 cm³/mol. The highest BCUT2D eigenvalue weighted by atomic mass is 35.5. The molecule has 0 aliphatic rings. The van der Waals surface area contributed by atoms with Gasteiger partial charge in [0, 0.05) is 6.42 Å². The van der Waals surface area contributed by atoms with Gasteiger partial charge in [-0.1, -0.05) is 30.3 Å². The zero-order chi connectivity index (χ0) is 15.1. The summed E-state index contributed by atoms with van der Waals surface area (Å²) in [6.45, 7) is 3.32. The lowest BCUT2D eigenvalue weighted by molar-refractivity contribution is -0.139. The van der Waals surface area contributed by atoms with Crippen LogP contribution in [0.15, 0.2) is 30.9 Å². The third kappa shape index (κ3) is 4.89. The Kier molecular flexibility index (Phi) is 5.99. The zero-order valence-electron chi connectivity index (χ0n) is 10.4. The van der Waals surface area contributed by atoms with Crippen molar-refractivity contribution in [2.24, 2.45) is 0 Å². The van der Waals surface area contributed by atoms with Gasteiger partial charge in [-0.15, -0.1) is 0 Å². The summed E-state index contributed by atoms with van der Waals surface area (Å²) in [7, 11) is 0. The fourth-order valence-corrected chi connectivity index (χ4v) is 1.54. The maximum atomic E-state index is 13.3. The van der Waals surface area contributed by atoms with Crippen LogP contribution in [0.5, 0.6) is 0 Å². The Morgan fingerprint density at radius 2 is 2.25 bits per heavy atom. The van der Waals surface area contributed by atoms with E-state index in [0.717, 1.165) is 6.07 Å². The highest BCUT2D eigenvalue weighted by Gasteiger charge is 2.21. The van der Waals surface area contributed by atoms with Gasteiger partial charge < -0.3 is 15.2 Å². The van der Waals surface area contributed by atoms with Gasteiger partial charge in [0.1, 0.15) is 18.5 Å². The SMILES string of the molecule is C=CCOC(=O)N[C@@H](Cc1ccc(Cl)c(F)c1)C(=O)O. The number of ether oxygens (including phenoxy) is 1. The molecule has 0 spiro atoms. The molecule has 0 aliphatic heterocycles. The fraction of sp³-hybridized carbons (Fsp3) is 0.231. The summed E-state index contributed by atoms with van der Waals surface area (Å²) >= 11 is 5.53. The lowest BCUT2D eigenvalue weighted by Crippen LogP contribution is -2.42. The van der Waals surface area contributed by atoms with Gasteiger partial charge in [-0.25, -0.2) is 14.0 Å². The molecule has 0 bridgehead atoms. The minimum absolute atomic E-state index is 0.0340. The van der Waals surface area contributed by atoms with Crippen LogP contribution >= 0.6 is 11.6 Å². The lowest BCUT2D eigenvalue weighted by atomic mass is 10.1. The number of aliphatic carboxylic acids is 1. The van der Waals surface area contributed by atoms with Gasteiger partial charge in [-0.05, 0) is 17.7 Å². The summed E-state index contributed by atoms with van der Waals surface area (Å²) in [6, 6.07) is 2.70. The number of rotatable bonds is 6. The number of nitrogens with one attached hydrogen (secondary N) is 1. The minimum atomic E-state index is -1.25. The topological polar surface area (TPSA) is 75.6 Å². The Bertz CT molecular complexity index is 521. The normalized spacial score (nSPS) is 11.5. The van der Waals surface area contributed by atoms with E-state index in [1.807, 2.05) is 0 Å². The van der Waals surface area contributed by atoms with Gasteiger partial charge in [0.25, 0.3) is 0 Å². The van der Waals surface area contributed by atoms with Crippen molar-refractivity contribution in [3.05, 3.63) is 47.3 Å². The third-order valence-electron chi connectivity index (χ3n) is 2.35. The molecule has 0 aliphatic carbocycles. The largest absolute Gasteiger partial charge is 0.480 e. The van der Waals surface area contributed by atoms with E-state index in [9.17, 15) is 14.0 Å². The van der Waals surface area contributed by atoms with Crippen LogP contribution < -0.4 is 5.32 Å². The molecule has 1 atom stereocenters. The summed E-state index contributed by atoms with van der Waals surface area (Å²) in [5, 5.41) is 11.1. The van der Waals surface area contributed by atoms with E-state index < -0.39 is 23.9 Å². The standard InChI is InChI=1S/C13H13ClFNO4/c1-2-5-20-13(19)16-11(12(17)18)7-8-3-4-9(14)10(15)6-8/h2-4,6,11H,1,5,7H2,(H,16,19)(H,17,18)/t11-/m0/s1. The molecular weight excluding hydrogens is 289 g/mol. The first-order valence-corrected chi connectivity index (χ1v) is 6.02. The van der Waals surface area contributed by atoms with E-state index in [2.05, 4.69) is 16.6 Å². The Morgan fingerprint density at radius 1 is 1.55 bits per heavy atom. The molecule has 0 fully saturated rings. The van der Waals surface area contributed by atoms with Crippen LogP contribution in [0.4, 0.5) is 9.18 Å². The molecule has 20 heavy (non-hydrogen) atoms. The quantitative estimate of drug-likeness (QED) is 0.791. The molecule has 0 radical (unpaired) electrons. The number of carbonyl (C=O) groups excluding carboxylic acids is 1. The van der Waals surface area contributed by atoms with Crippen LogP contribution in [0, 0.1) is 5.82 Å². The predicted octanol–water partition coefficient (Wildman–Crippen LogP) is 2.39. The van der Waals surface area contributed by atoms with Gasteiger partial charge in [0.2, 0.25) is 0 Å². The van der Waals surface area contributed by atoms with Crippen LogP contribution in [0.2, 0.25) is 5.02 Å². The van der Waals surface area contributed by atoms with Gasteiger partial charge in [-0.3, -0.25) is 0 Å². The molecule has 0 unspecified atom stereocenters. The van der Waals surface area contributed by atoms with Crippen molar-refractivity contribution in [3.8, 4) is 0 Å². The van der Waals surface area contributed by atoms with Crippen molar-refractivity contribution in [1.82, 2.24) is 5.32 Å². The van der Waals surface area contributed by atoms with E-state index in [0.29, 0.717) is 5.56 Å². The summed E-state index contributed by atoms with van der Waals surface area (Å²) in [5.74, 6) is -1.90. The summed E-state index contributed by atoms with van der Waals surface area (Å²) in [6.07, 6.45) is 0.378. The number of benzene rings is 1. The van der Waals surface area contributed by atoms with E-state index in [1.165, 1.54) is 18.2 Å². The summed E-state index contributed by atoms with van der Waals surface area (Å²) < 4.78 is 17.9. The number of carboxylic acids is 1. The summed E-state index contributed by atoms with van der Waals surface area (Å²) in [5.41, 5.74) is 0.392. The first kappa shape index (κ1) is 16.0. The Balaban J connectivity index is 2.71. The second-order valence-corrected chi connectivity index (χ2v) is 4.28. The molecule has 1 amide bonds. The van der Waals surface area contributed by atoms with E-state index in [4.69, 9.17) is 16.7 Å². The molecule has 0 saturated carbocycles. The second kappa shape index (κ2) is 7.49. The smallest absolute Gasteiger partial charge is 0.408 e. The first-order valence-electron chi connectivity index (χ1n) is 5.65. The zero-order valence-corrected chi connectivity index (χ0v) is 11.2. The van der Waals surface area contributed by atoms with Crippen molar-refractivity contribution in [3.63, 3.8) is 0 Å². The maximum Gasteiger partial charge on any atom is 0.408 e. The molecule has 7 heteroatoms. The van der Waals surface area contributed by atoms with Crippen LogP contribution in [-0.4, -0.2) is 29.8 Å². The van der Waals surface area contributed by atoms with Gasteiger partial charge >= 0.3 is 12.1 Å². The van der Waals surface area contributed by atoms with Crippen molar-refractivity contribution < 1.29 is 23.8 Å². The van der Waals surface area contributed by atoms with Crippen molar-refractivity contribution in [1.29, 1.82) is 0 Å². The molecular formula is C13H13ClFNO4. The average Bonchev–Trinajstić information content (AvgIpc) is 2.39. The van der Waals surface area contributed by atoms with Crippen LogP contribution in [0.3, 0.4) is 0 Å². The molecule has 108 valence electrons. The lowest BCUT2D eigenvalue weighted by Gasteiger charge is -2.14. The summed E-state index contributed by atoms with van der Waals surface area (Å²) in [4.78, 5) is 22.3. The van der Waals surface area contributed by atoms with Crippen molar-refractivity contribution >= 4 is 23.7 Å². The highest BCUT2D eigenvalue weighted by Crippen LogP contribution is 2.16. The van der Waals surface area contributed by atoms with Crippen LogP contribution in [0.1, 0.15) is 5.56 Å². The Hall–Kier alpha value is -2.08. The molecule has 1 rings (SSSR count). The minimum Gasteiger partial charge on any atom is -0.480 e. The molecule has 5 nitrogen and oxygen atoms in total. The number of carbonyl (C=O) groups is 2. The van der Waals surface area contributed by atoms with Gasteiger partial charge in [0.05, 0.1) is 5.02 Å². The number of alkyl carbamates (subject to hydrolysis) is 1.